The Bertz CT molecular complexity index is 666. The fraction of sp³-hybridized carbons (Fsp3) is 0.211. The van der Waals surface area contributed by atoms with E-state index in [-0.39, 0.29) is 12.4 Å². The van der Waals surface area contributed by atoms with E-state index in [4.69, 9.17) is 4.74 Å². The van der Waals surface area contributed by atoms with Gasteiger partial charge in [-0.1, -0.05) is 48.6 Å². The average molecular weight is 311 g/mol. The standard InChI is InChI=1S/C19H21NO3/c1-15-10-11-18(21)13-17(15)9-5-6-12-20-19(22)23-14-16-7-3-2-4-8-16/h2-5,7-11,13,21H,6,12,14H2,1H3,(H,20,22). The fourth-order valence-corrected chi connectivity index (χ4v) is 2.05. The highest BCUT2D eigenvalue weighted by Gasteiger charge is 2.01. The van der Waals surface area contributed by atoms with Gasteiger partial charge >= 0.3 is 6.09 Å². The van der Waals surface area contributed by atoms with E-state index in [1.54, 1.807) is 12.1 Å². The lowest BCUT2D eigenvalue weighted by Gasteiger charge is -2.06. The summed E-state index contributed by atoms with van der Waals surface area (Å²) in [5, 5.41) is 12.2. The number of benzene rings is 2. The lowest BCUT2D eigenvalue weighted by Crippen LogP contribution is -2.24. The maximum Gasteiger partial charge on any atom is 0.407 e. The third kappa shape index (κ3) is 5.87. The molecule has 0 atom stereocenters. The number of aryl methyl sites for hydroxylation is 1. The van der Waals surface area contributed by atoms with E-state index in [0.717, 1.165) is 16.7 Å². The van der Waals surface area contributed by atoms with Crippen LogP contribution in [0.2, 0.25) is 0 Å². The molecule has 0 aliphatic rings. The molecule has 0 bridgehead atoms. The smallest absolute Gasteiger partial charge is 0.407 e. The van der Waals surface area contributed by atoms with Gasteiger partial charge in [0.05, 0.1) is 0 Å². The second-order valence-corrected chi connectivity index (χ2v) is 5.22. The zero-order valence-corrected chi connectivity index (χ0v) is 13.2. The number of hydrogen-bond donors (Lipinski definition) is 2. The molecular weight excluding hydrogens is 290 g/mol. The van der Waals surface area contributed by atoms with Gasteiger partial charge in [-0.25, -0.2) is 4.79 Å². The Balaban J connectivity index is 1.67. The normalized spacial score (nSPS) is 10.7. The fourth-order valence-electron chi connectivity index (χ4n) is 2.05. The Hall–Kier alpha value is -2.75. The minimum atomic E-state index is -0.421. The van der Waals surface area contributed by atoms with Crippen molar-refractivity contribution in [2.24, 2.45) is 0 Å². The Morgan fingerprint density at radius 2 is 2.00 bits per heavy atom. The lowest BCUT2D eigenvalue weighted by atomic mass is 10.1. The number of rotatable bonds is 6. The summed E-state index contributed by atoms with van der Waals surface area (Å²) in [5.74, 6) is 0.248. The first kappa shape index (κ1) is 16.6. The molecule has 23 heavy (non-hydrogen) atoms. The molecule has 0 aliphatic carbocycles. The Morgan fingerprint density at radius 3 is 2.78 bits per heavy atom. The summed E-state index contributed by atoms with van der Waals surface area (Å²) in [6.45, 7) is 2.76. The summed E-state index contributed by atoms with van der Waals surface area (Å²) in [6.07, 6.45) is 4.16. The second-order valence-electron chi connectivity index (χ2n) is 5.22. The van der Waals surface area contributed by atoms with Crippen molar-refractivity contribution in [3.05, 3.63) is 71.3 Å². The van der Waals surface area contributed by atoms with Gasteiger partial charge in [0.2, 0.25) is 0 Å². The van der Waals surface area contributed by atoms with Crippen LogP contribution in [-0.4, -0.2) is 17.7 Å². The van der Waals surface area contributed by atoms with Crippen LogP contribution in [0.1, 0.15) is 23.1 Å². The molecule has 0 saturated heterocycles. The molecule has 0 heterocycles. The van der Waals surface area contributed by atoms with Crippen LogP contribution in [0.25, 0.3) is 6.08 Å². The highest BCUT2D eigenvalue weighted by molar-refractivity contribution is 5.67. The van der Waals surface area contributed by atoms with Crippen molar-refractivity contribution in [3.63, 3.8) is 0 Å². The molecule has 4 heteroatoms. The average Bonchev–Trinajstić information content (AvgIpc) is 2.56. The minimum absolute atomic E-state index is 0.248. The highest BCUT2D eigenvalue weighted by Crippen LogP contribution is 2.17. The van der Waals surface area contributed by atoms with E-state index >= 15 is 0 Å². The number of hydrogen-bond acceptors (Lipinski definition) is 3. The molecule has 0 spiro atoms. The van der Waals surface area contributed by atoms with Gasteiger partial charge in [-0.15, -0.1) is 0 Å². The number of alkyl carbamates (subject to hydrolysis) is 1. The van der Waals surface area contributed by atoms with Gasteiger partial charge in [0.15, 0.2) is 0 Å². The molecule has 1 amide bonds. The summed E-state index contributed by atoms with van der Waals surface area (Å²) >= 11 is 0. The SMILES string of the molecule is Cc1ccc(O)cc1C=CCCNC(=O)OCc1ccccc1. The third-order valence-corrected chi connectivity index (χ3v) is 3.35. The maximum absolute atomic E-state index is 11.6. The molecular formula is C19H21NO3. The van der Waals surface area contributed by atoms with Crippen molar-refractivity contribution < 1.29 is 14.6 Å². The summed E-state index contributed by atoms with van der Waals surface area (Å²) in [7, 11) is 0. The number of phenols is 1. The number of phenolic OH excluding ortho intramolecular Hbond substituents is 1. The number of carbonyl (C=O) groups excluding carboxylic acids is 1. The Morgan fingerprint density at radius 1 is 1.22 bits per heavy atom. The van der Waals surface area contributed by atoms with Gasteiger partial charge in [0.25, 0.3) is 0 Å². The predicted molar refractivity (Wildman–Crippen MR) is 91.1 cm³/mol. The van der Waals surface area contributed by atoms with Gasteiger partial charge in [-0.2, -0.15) is 0 Å². The highest BCUT2D eigenvalue weighted by atomic mass is 16.5. The van der Waals surface area contributed by atoms with Gasteiger partial charge in [-0.05, 0) is 42.2 Å². The van der Waals surface area contributed by atoms with Crippen molar-refractivity contribution in [2.75, 3.05) is 6.54 Å². The molecule has 120 valence electrons. The summed E-state index contributed by atoms with van der Waals surface area (Å²) in [5.41, 5.74) is 3.02. The van der Waals surface area contributed by atoms with Crippen molar-refractivity contribution in [1.82, 2.24) is 5.32 Å². The molecule has 0 fully saturated rings. The minimum Gasteiger partial charge on any atom is -0.508 e. The monoisotopic (exact) mass is 311 g/mol. The third-order valence-electron chi connectivity index (χ3n) is 3.35. The Labute approximate surface area is 136 Å². The van der Waals surface area contributed by atoms with Crippen LogP contribution in [0.4, 0.5) is 4.79 Å². The van der Waals surface area contributed by atoms with Crippen LogP contribution in [0.5, 0.6) is 5.75 Å². The molecule has 0 unspecified atom stereocenters. The molecule has 2 rings (SSSR count). The topological polar surface area (TPSA) is 58.6 Å². The summed E-state index contributed by atoms with van der Waals surface area (Å²) < 4.78 is 5.12. The maximum atomic E-state index is 11.6. The molecule has 0 saturated carbocycles. The number of aromatic hydroxyl groups is 1. The molecule has 0 aliphatic heterocycles. The zero-order chi connectivity index (χ0) is 16.5. The first-order valence-electron chi connectivity index (χ1n) is 7.56. The second kappa shape index (κ2) is 8.63. The molecule has 0 radical (unpaired) electrons. The molecule has 2 aromatic carbocycles. The number of ether oxygens (including phenoxy) is 1. The number of nitrogens with one attached hydrogen (secondary N) is 1. The van der Waals surface area contributed by atoms with Gasteiger partial charge < -0.3 is 15.2 Å². The quantitative estimate of drug-likeness (QED) is 0.792. The summed E-state index contributed by atoms with van der Waals surface area (Å²) in [6, 6.07) is 14.8. The van der Waals surface area contributed by atoms with Crippen molar-refractivity contribution in [3.8, 4) is 5.75 Å². The van der Waals surface area contributed by atoms with E-state index in [1.165, 1.54) is 0 Å². The van der Waals surface area contributed by atoms with Gasteiger partial charge in [-0.3, -0.25) is 0 Å². The van der Waals surface area contributed by atoms with Crippen molar-refractivity contribution in [1.29, 1.82) is 0 Å². The van der Waals surface area contributed by atoms with Crippen LogP contribution in [0, 0.1) is 6.92 Å². The van der Waals surface area contributed by atoms with E-state index in [0.29, 0.717) is 13.0 Å². The van der Waals surface area contributed by atoms with E-state index < -0.39 is 6.09 Å². The van der Waals surface area contributed by atoms with Crippen LogP contribution < -0.4 is 5.32 Å². The summed E-state index contributed by atoms with van der Waals surface area (Å²) in [4.78, 5) is 11.6. The molecule has 2 aromatic rings. The van der Waals surface area contributed by atoms with Gasteiger partial charge in [0.1, 0.15) is 12.4 Å². The first-order valence-corrected chi connectivity index (χ1v) is 7.56. The lowest BCUT2D eigenvalue weighted by molar-refractivity contribution is 0.140. The van der Waals surface area contributed by atoms with Crippen LogP contribution in [0.15, 0.2) is 54.6 Å². The number of carbonyl (C=O) groups is 1. The molecule has 2 N–H and O–H groups in total. The van der Waals surface area contributed by atoms with Gasteiger partial charge in [0, 0.05) is 6.54 Å². The zero-order valence-electron chi connectivity index (χ0n) is 13.2. The number of amides is 1. The van der Waals surface area contributed by atoms with E-state index in [1.807, 2.05) is 55.5 Å². The van der Waals surface area contributed by atoms with Crippen molar-refractivity contribution >= 4 is 12.2 Å². The Kier molecular flexibility index (Phi) is 6.24. The van der Waals surface area contributed by atoms with Crippen LogP contribution in [0.3, 0.4) is 0 Å². The van der Waals surface area contributed by atoms with Crippen LogP contribution >= 0.6 is 0 Å². The molecule has 0 aromatic heterocycles. The largest absolute Gasteiger partial charge is 0.508 e. The molecule has 4 nitrogen and oxygen atoms in total. The van der Waals surface area contributed by atoms with Crippen molar-refractivity contribution in [2.45, 2.75) is 20.0 Å². The van der Waals surface area contributed by atoms with E-state index in [9.17, 15) is 9.90 Å². The van der Waals surface area contributed by atoms with Crippen LogP contribution in [-0.2, 0) is 11.3 Å². The predicted octanol–water partition coefficient (Wildman–Crippen LogP) is 4.03. The van der Waals surface area contributed by atoms with E-state index in [2.05, 4.69) is 5.32 Å². The first-order chi connectivity index (χ1) is 11.1.